The van der Waals surface area contributed by atoms with E-state index in [1.165, 1.54) is 0 Å². The van der Waals surface area contributed by atoms with Gasteiger partial charge in [-0.2, -0.15) is 0 Å². The summed E-state index contributed by atoms with van der Waals surface area (Å²) in [4.78, 5) is 0. The van der Waals surface area contributed by atoms with Crippen molar-refractivity contribution in [2.24, 2.45) is 0 Å². The lowest BCUT2D eigenvalue weighted by Gasteiger charge is -2.10. The van der Waals surface area contributed by atoms with Crippen molar-refractivity contribution in [1.82, 2.24) is 0 Å². The van der Waals surface area contributed by atoms with Gasteiger partial charge in [0, 0.05) is 6.42 Å². The minimum atomic E-state index is -0.331. The van der Waals surface area contributed by atoms with Gasteiger partial charge in [-0.25, -0.2) is 0 Å². The Labute approximate surface area is 98.1 Å². The average molecular weight is 275 g/mol. The molecule has 3 nitrogen and oxygen atoms in total. The van der Waals surface area contributed by atoms with Crippen LogP contribution in [0.3, 0.4) is 0 Å². The van der Waals surface area contributed by atoms with Gasteiger partial charge < -0.3 is 14.6 Å². The van der Waals surface area contributed by atoms with Crippen molar-refractivity contribution in [2.75, 3.05) is 13.7 Å². The van der Waals surface area contributed by atoms with Crippen LogP contribution in [0.1, 0.15) is 13.3 Å². The van der Waals surface area contributed by atoms with E-state index in [-0.39, 0.29) is 6.10 Å². The Morgan fingerprint density at radius 2 is 2.20 bits per heavy atom. The Morgan fingerprint density at radius 3 is 2.73 bits per heavy atom. The third-order valence-corrected chi connectivity index (χ3v) is 2.55. The second kappa shape index (κ2) is 5.98. The van der Waals surface area contributed by atoms with Crippen molar-refractivity contribution < 1.29 is 14.6 Å². The molecule has 84 valence electrons. The zero-order valence-corrected chi connectivity index (χ0v) is 10.5. The minimum absolute atomic E-state index is 0.331. The van der Waals surface area contributed by atoms with E-state index in [0.717, 1.165) is 16.0 Å². The fraction of sp³-hybridized carbons (Fsp3) is 0.455. The molecule has 0 heterocycles. The predicted octanol–water partition coefficient (Wildman–Crippen LogP) is 2.61. The molecular weight excluding hydrogens is 260 g/mol. The number of ether oxygens (including phenoxy) is 2. The van der Waals surface area contributed by atoms with Crippen molar-refractivity contribution in [1.29, 1.82) is 0 Å². The number of aliphatic hydroxyl groups excluding tert-OH is 1. The molecule has 4 heteroatoms. The number of halogens is 1. The van der Waals surface area contributed by atoms with Gasteiger partial charge in [0.05, 0.1) is 24.3 Å². The summed E-state index contributed by atoms with van der Waals surface area (Å²) in [7, 11) is 1.62. The topological polar surface area (TPSA) is 38.7 Å². The molecule has 0 saturated heterocycles. The highest BCUT2D eigenvalue weighted by Gasteiger charge is 2.03. The van der Waals surface area contributed by atoms with Crippen LogP contribution in [0.4, 0.5) is 0 Å². The molecular formula is C11H15BrO3. The zero-order chi connectivity index (χ0) is 11.3. The van der Waals surface area contributed by atoms with Crippen LogP contribution in [-0.2, 0) is 0 Å². The molecule has 0 fully saturated rings. The van der Waals surface area contributed by atoms with Crippen molar-refractivity contribution in [3.63, 3.8) is 0 Å². The summed E-state index contributed by atoms with van der Waals surface area (Å²) < 4.78 is 11.4. The first kappa shape index (κ1) is 12.3. The Hall–Kier alpha value is -0.740. The molecule has 1 N–H and O–H groups in total. The maximum absolute atomic E-state index is 9.07. The third-order valence-electron chi connectivity index (χ3n) is 1.93. The summed E-state index contributed by atoms with van der Waals surface area (Å²) in [5.74, 6) is 1.54. The van der Waals surface area contributed by atoms with Crippen LogP contribution in [0, 0.1) is 0 Å². The highest BCUT2D eigenvalue weighted by atomic mass is 79.9. The normalized spacial score (nSPS) is 12.3. The SMILES string of the molecule is COc1ccc(OCCC(C)O)c(Br)c1. The number of aliphatic hydroxyl groups is 1. The quantitative estimate of drug-likeness (QED) is 0.897. The van der Waals surface area contributed by atoms with Crippen molar-refractivity contribution in [3.05, 3.63) is 22.7 Å². The molecule has 0 aliphatic carbocycles. The lowest BCUT2D eigenvalue weighted by molar-refractivity contribution is 0.155. The van der Waals surface area contributed by atoms with Crippen LogP contribution in [0.2, 0.25) is 0 Å². The van der Waals surface area contributed by atoms with E-state index < -0.39 is 0 Å². The molecule has 1 atom stereocenters. The summed E-state index contributed by atoms with van der Waals surface area (Å²) in [5, 5.41) is 9.07. The molecule has 0 aromatic heterocycles. The monoisotopic (exact) mass is 274 g/mol. The lowest BCUT2D eigenvalue weighted by atomic mass is 10.3. The van der Waals surface area contributed by atoms with Gasteiger partial charge in [-0.1, -0.05) is 0 Å². The Kier molecular flexibility index (Phi) is 4.91. The molecule has 1 aromatic rings. The van der Waals surface area contributed by atoms with E-state index in [4.69, 9.17) is 14.6 Å². The Bertz CT molecular complexity index is 313. The van der Waals surface area contributed by atoms with Crippen LogP contribution in [0.15, 0.2) is 22.7 Å². The van der Waals surface area contributed by atoms with Crippen LogP contribution in [0.5, 0.6) is 11.5 Å². The number of hydrogen-bond acceptors (Lipinski definition) is 3. The van der Waals surface area contributed by atoms with Crippen molar-refractivity contribution in [2.45, 2.75) is 19.4 Å². The molecule has 0 amide bonds. The summed E-state index contributed by atoms with van der Waals surface area (Å²) in [6.07, 6.45) is 0.292. The fourth-order valence-electron chi connectivity index (χ4n) is 1.07. The first-order valence-electron chi connectivity index (χ1n) is 4.78. The summed E-state index contributed by atoms with van der Waals surface area (Å²) >= 11 is 3.39. The molecule has 1 unspecified atom stereocenters. The number of methoxy groups -OCH3 is 1. The molecule has 0 bridgehead atoms. The van der Waals surface area contributed by atoms with Gasteiger partial charge >= 0.3 is 0 Å². The van der Waals surface area contributed by atoms with Gasteiger partial charge in [0.2, 0.25) is 0 Å². The van der Waals surface area contributed by atoms with E-state index in [0.29, 0.717) is 13.0 Å². The summed E-state index contributed by atoms with van der Waals surface area (Å²) in [6, 6.07) is 5.52. The molecule has 0 saturated carbocycles. The number of rotatable bonds is 5. The summed E-state index contributed by atoms with van der Waals surface area (Å²) in [6.45, 7) is 2.25. The van der Waals surface area contributed by atoms with Crippen molar-refractivity contribution in [3.8, 4) is 11.5 Å². The van der Waals surface area contributed by atoms with Crippen LogP contribution in [-0.4, -0.2) is 24.9 Å². The molecule has 1 aromatic carbocycles. The van der Waals surface area contributed by atoms with E-state index in [1.807, 2.05) is 18.2 Å². The molecule has 1 rings (SSSR count). The fourth-order valence-corrected chi connectivity index (χ4v) is 1.54. The second-order valence-corrected chi connectivity index (χ2v) is 4.14. The highest BCUT2D eigenvalue weighted by molar-refractivity contribution is 9.10. The molecule has 15 heavy (non-hydrogen) atoms. The third kappa shape index (κ3) is 4.10. The summed E-state index contributed by atoms with van der Waals surface area (Å²) in [5.41, 5.74) is 0. The largest absolute Gasteiger partial charge is 0.497 e. The minimum Gasteiger partial charge on any atom is -0.497 e. The van der Waals surface area contributed by atoms with Gasteiger partial charge in [-0.3, -0.25) is 0 Å². The molecule has 0 spiro atoms. The Morgan fingerprint density at radius 1 is 1.47 bits per heavy atom. The van der Waals surface area contributed by atoms with E-state index in [9.17, 15) is 0 Å². The zero-order valence-electron chi connectivity index (χ0n) is 8.87. The van der Waals surface area contributed by atoms with Gasteiger partial charge in [-0.05, 0) is 41.1 Å². The molecule has 0 radical (unpaired) electrons. The van der Waals surface area contributed by atoms with E-state index in [1.54, 1.807) is 14.0 Å². The van der Waals surface area contributed by atoms with E-state index >= 15 is 0 Å². The van der Waals surface area contributed by atoms with Gasteiger partial charge in [-0.15, -0.1) is 0 Å². The standard InChI is InChI=1S/C11H15BrO3/c1-8(13)5-6-15-11-4-3-9(14-2)7-10(11)12/h3-4,7-8,13H,5-6H2,1-2H3. The molecule has 0 aliphatic rings. The van der Waals surface area contributed by atoms with Gasteiger partial charge in [0.15, 0.2) is 0 Å². The van der Waals surface area contributed by atoms with Crippen LogP contribution >= 0.6 is 15.9 Å². The Balaban J connectivity index is 2.54. The smallest absolute Gasteiger partial charge is 0.133 e. The highest BCUT2D eigenvalue weighted by Crippen LogP contribution is 2.29. The predicted molar refractivity (Wildman–Crippen MR) is 62.5 cm³/mol. The van der Waals surface area contributed by atoms with Gasteiger partial charge in [0.25, 0.3) is 0 Å². The van der Waals surface area contributed by atoms with Crippen LogP contribution < -0.4 is 9.47 Å². The first-order valence-corrected chi connectivity index (χ1v) is 5.57. The average Bonchev–Trinajstić information content (AvgIpc) is 2.20. The van der Waals surface area contributed by atoms with Crippen molar-refractivity contribution >= 4 is 15.9 Å². The molecule has 0 aliphatic heterocycles. The second-order valence-electron chi connectivity index (χ2n) is 3.28. The van der Waals surface area contributed by atoms with E-state index in [2.05, 4.69) is 15.9 Å². The maximum atomic E-state index is 9.07. The maximum Gasteiger partial charge on any atom is 0.133 e. The first-order chi connectivity index (χ1) is 7.13. The van der Waals surface area contributed by atoms with Crippen LogP contribution in [0.25, 0.3) is 0 Å². The number of benzene rings is 1. The number of hydrogen-bond donors (Lipinski definition) is 1. The lowest BCUT2D eigenvalue weighted by Crippen LogP contribution is -2.07. The van der Waals surface area contributed by atoms with Gasteiger partial charge in [0.1, 0.15) is 11.5 Å².